The van der Waals surface area contributed by atoms with Crippen LogP contribution in [0.1, 0.15) is 12.5 Å². The summed E-state index contributed by atoms with van der Waals surface area (Å²) in [6.07, 6.45) is 0.891. The molecule has 0 fully saturated rings. The summed E-state index contributed by atoms with van der Waals surface area (Å²) < 4.78 is 0. The summed E-state index contributed by atoms with van der Waals surface area (Å²) in [5.74, 6) is -0.0400. The van der Waals surface area contributed by atoms with Crippen LogP contribution in [0.5, 0.6) is 0 Å². The Morgan fingerprint density at radius 2 is 2.29 bits per heavy atom. The summed E-state index contributed by atoms with van der Waals surface area (Å²) >= 11 is 0. The molecule has 14 heavy (non-hydrogen) atoms. The molecule has 0 saturated heterocycles. The molecular weight excluding hydrogens is 176 g/mol. The Bertz CT molecular complexity index is 355. The third kappa shape index (κ3) is 2.60. The largest absolute Gasteiger partial charge is 0.383 e. The molecule has 0 aromatic heterocycles. The molecule has 72 valence electrons. The van der Waals surface area contributed by atoms with Gasteiger partial charge in [0.1, 0.15) is 12.4 Å². The maximum Gasteiger partial charge on any atom is 0.124 e. The fourth-order valence-corrected chi connectivity index (χ4v) is 1.05. The average molecular weight is 188 g/mol. The predicted octanol–water partition coefficient (Wildman–Crippen LogP) is 1.81. The summed E-state index contributed by atoms with van der Waals surface area (Å²) in [6, 6.07) is 9.33. The molecule has 1 aromatic carbocycles. The summed E-state index contributed by atoms with van der Waals surface area (Å²) in [7, 11) is 0. The van der Waals surface area contributed by atoms with Gasteiger partial charge in [-0.3, -0.25) is 0 Å². The molecule has 1 N–H and O–H groups in total. The molecule has 3 heteroatoms. The SMILES string of the molecule is CC(C=O)CNc1ccccc1C#N. The average Bonchev–Trinajstić information content (AvgIpc) is 2.26. The minimum Gasteiger partial charge on any atom is -0.383 e. The molecule has 0 spiro atoms. The van der Waals surface area contributed by atoms with Crippen LogP contribution in [0.4, 0.5) is 5.69 Å². The number of hydrogen-bond donors (Lipinski definition) is 1. The second-order valence-electron chi connectivity index (χ2n) is 3.15. The van der Waals surface area contributed by atoms with Crippen LogP contribution in [0.3, 0.4) is 0 Å². The molecule has 0 bridgehead atoms. The Morgan fingerprint density at radius 3 is 2.93 bits per heavy atom. The Labute approximate surface area is 83.4 Å². The number of nitriles is 1. The molecule has 1 aromatic rings. The molecule has 1 atom stereocenters. The smallest absolute Gasteiger partial charge is 0.124 e. The van der Waals surface area contributed by atoms with Crippen molar-refractivity contribution >= 4 is 12.0 Å². The molecule has 0 aliphatic carbocycles. The molecule has 1 unspecified atom stereocenters. The number of nitrogens with zero attached hydrogens (tertiary/aromatic N) is 1. The minimum atomic E-state index is -0.0400. The van der Waals surface area contributed by atoms with Crippen LogP contribution in [0, 0.1) is 17.2 Å². The molecule has 0 saturated carbocycles. The van der Waals surface area contributed by atoms with E-state index >= 15 is 0 Å². The highest BCUT2D eigenvalue weighted by Gasteiger charge is 2.02. The highest BCUT2D eigenvalue weighted by Crippen LogP contribution is 2.13. The van der Waals surface area contributed by atoms with Gasteiger partial charge < -0.3 is 10.1 Å². The minimum absolute atomic E-state index is 0.0400. The first-order chi connectivity index (χ1) is 6.77. The third-order valence-corrected chi connectivity index (χ3v) is 1.89. The van der Waals surface area contributed by atoms with Crippen molar-refractivity contribution in [3.8, 4) is 6.07 Å². The van der Waals surface area contributed by atoms with Gasteiger partial charge in [-0.2, -0.15) is 5.26 Å². The number of rotatable bonds is 4. The van der Waals surface area contributed by atoms with Crippen molar-refractivity contribution in [2.75, 3.05) is 11.9 Å². The second-order valence-corrected chi connectivity index (χ2v) is 3.15. The Morgan fingerprint density at radius 1 is 1.57 bits per heavy atom. The maximum absolute atomic E-state index is 10.4. The van der Waals surface area contributed by atoms with E-state index in [9.17, 15) is 4.79 Å². The summed E-state index contributed by atoms with van der Waals surface area (Å²) in [5, 5.41) is 11.8. The van der Waals surface area contributed by atoms with Crippen LogP contribution in [-0.2, 0) is 4.79 Å². The first-order valence-corrected chi connectivity index (χ1v) is 4.46. The lowest BCUT2D eigenvalue weighted by molar-refractivity contribution is -0.110. The van der Waals surface area contributed by atoms with Gasteiger partial charge in [0.2, 0.25) is 0 Å². The number of carbonyl (C=O) groups is 1. The van der Waals surface area contributed by atoms with E-state index in [1.54, 1.807) is 6.07 Å². The van der Waals surface area contributed by atoms with Crippen molar-refractivity contribution in [2.24, 2.45) is 5.92 Å². The van der Waals surface area contributed by atoms with E-state index in [1.807, 2.05) is 25.1 Å². The number of hydrogen-bond acceptors (Lipinski definition) is 3. The van der Waals surface area contributed by atoms with E-state index < -0.39 is 0 Å². The van der Waals surface area contributed by atoms with Crippen molar-refractivity contribution in [1.29, 1.82) is 5.26 Å². The number of nitrogens with one attached hydrogen (secondary N) is 1. The van der Waals surface area contributed by atoms with Crippen LogP contribution >= 0.6 is 0 Å². The molecule has 0 aliphatic heterocycles. The van der Waals surface area contributed by atoms with Crippen LogP contribution in [0.2, 0.25) is 0 Å². The zero-order valence-electron chi connectivity index (χ0n) is 8.03. The molecule has 1 rings (SSSR count). The van der Waals surface area contributed by atoms with Gasteiger partial charge in [0.05, 0.1) is 11.3 Å². The van der Waals surface area contributed by atoms with Crippen LogP contribution in [-0.4, -0.2) is 12.8 Å². The number of para-hydroxylation sites is 1. The lowest BCUT2D eigenvalue weighted by atomic mass is 10.1. The van der Waals surface area contributed by atoms with Crippen LogP contribution in [0.15, 0.2) is 24.3 Å². The summed E-state index contributed by atoms with van der Waals surface area (Å²) in [4.78, 5) is 10.4. The number of carbonyl (C=O) groups excluding carboxylic acids is 1. The molecule has 0 radical (unpaired) electrons. The lowest BCUT2D eigenvalue weighted by Gasteiger charge is -2.08. The van der Waals surface area contributed by atoms with Crippen LogP contribution in [0.25, 0.3) is 0 Å². The third-order valence-electron chi connectivity index (χ3n) is 1.89. The van der Waals surface area contributed by atoms with E-state index in [-0.39, 0.29) is 5.92 Å². The van der Waals surface area contributed by atoms with Gasteiger partial charge in [0.25, 0.3) is 0 Å². The van der Waals surface area contributed by atoms with Crippen molar-refractivity contribution in [3.05, 3.63) is 29.8 Å². The van der Waals surface area contributed by atoms with Crippen molar-refractivity contribution < 1.29 is 4.79 Å². The topological polar surface area (TPSA) is 52.9 Å². The standard InChI is InChI=1S/C11H12N2O/c1-9(8-14)7-13-11-5-3-2-4-10(11)6-12/h2-5,8-9,13H,7H2,1H3. The number of anilines is 1. The quantitative estimate of drug-likeness (QED) is 0.733. The Kier molecular flexibility index (Phi) is 3.69. The summed E-state index contributed by atoms with van der Waals surface area (Å²) in [6.45, 7) is 2.39. The Balaban J connectivity index is 2.67. The number of benzene rings is 1. The van der Waals surface area contributed by atoms with E-state index in [2.05, 4.69) is 11.4 Å². The van der Waals surface area contributed by atoms with Gasteiger partial charge in [-0.25, -0.2) is 0 Å². The second kappa shape index (κ2) is 5.03. The van der Waals surface area contributed by atoms with E-state index in [0.717, 1.165) is 12.0 Å². The first-order valence-electron chi connectivity index (χ1n) is 4.46. The fourth-order valence-electron chi connectivity index (χ4n) is 1.05. The number of aldehydes is 1. The molecule has 0 aliphatic rings. The zero-order valence-corrected chi connectivity index (χ0v) is 8.03. The normalized spacial score (nSPS) is 11.4. The van der Waals surface area contributed by atoms with Gasteiger partial charge in [-0.1, -0.05) is 19.1 Å². The monoisotopic (exact) mass is 188 g/mol. The van der Waals surface area contributed by atoms with Crippen molar-refractivity contribution in [3.63, 3.8) is 0 Å². The first kappa shape index (κ1) is 10.3. The van der Waals surface area contributed by atoms with E-state index in [4.69, 9.17) is 5.26 Å². The Hall–Kier alpha value is -1.82. The van der Waals surface area contributed by atoms with E-state index in [1.165, 1.54) is 0 Å². The summed E-state index contributed by atoms with van der Waals surface area (Å²) in [5.41, 5.74) is 1.38. The predicted molar refractivity (Wildman–Crippen MR) is 54.9 cm³/mol. The highest BCUT2D eigenvalue weighted by atomic mass is 16.1. The van der Waals surface area contributed by atoms with Gasteiger partial charge in [-0.15, -0.1) is 0 Å². The van der Waals surface area contributed by atoms with Crippen molar-refractivity contribution in [2.45, 2.75) is 6.92 Å². The molecular formula is C11H12N2O. The van der Waals surface area contributed by atoms with E-state index in [0.29, 0.717) is 12.1 Å². The zero-order chi connectivity index (χ0) is 10.4. The van der Waals surface area contributed by atoms with Gasteiger partial charge in [0.15, 0.2) is 0 Å². The van der Waals surface area contributed by atoms with Crippen molar-refractivity contribution in [1.82, 2.24) is 0 Å². The molecule has 0 amide bonds. The van der Waals surface area contributed by atoms with Crippen LogP contribution < -0.4 is 5.32 Å². The van der Waals surface area contributed by atoms with Gasteiger partial charge in [0, 0.05) is 12.5 Å². The highest BCUT2D eigenvalue weighted by molar-refractivity contribution is 5.59. The maximum atomic E-state index is 10.4. The van der Waals surface area contributed by atoms with Gasteiger partial charge in [-0.05, 0) is 12.1 Å². The molecule has 3 nitrogen and oxygen atoms in total. The molecule has 0 heterocycles. The van der Waals surface area contributed by atoms with Gasteiger partial charge >= 0.3 is 0 Å². The lowest BCUT2D eigenvalue weighted by Crippen LogP contribution is -2.12. The fraction of sp³-hybridized carbons (Fsp3) is 0.273.